The van der Waals surface area contributed by atoms with E-state index < -0.39 is 11.6 Å². The molecule has 3 aliphatic rings. The third-order valence-electron chi connectivity index (χ3n) is 7.08. The van der Waals surface area contributed by atoms with E-state index in [1.54, 1.807) is 0 Å². The molecule has 2 atom stereocenters. The van der Waals surface area contributed by atoms with Crippen molar-refractivity contribution < 1.29 is 14.4 Å². The number of carbonyl (C=O) groups excluding carboxylic acids is 3. The van der Waals surface area contributed by atoms with E-state index in [1.165, 1.54) is 0 Å². The van der Waals surface area contributed by atoms with Gasteiger partial charge in [-0.15, -0.1) is 0 Å². The van der Waals surface area contributed by atoms with E-state index in [0.29, 0.717) is 25.3 Å². The fourth-order valence-corrected chi connectivity index (χ4v) is 5.47. The van der Waals surface area contributed by atoms with E-state index in [4.69, 9.17) is 0 Å². The molecular weight excluding hydrogens is 470 g/mol. The Balaban J connectivity index is 1.37. The maximum Gasteiger partial charge on any atom is 0.325 e. The highest BCUT2D eigenvalue weighted by Crippen LogP contribution is 2.42. The lowest BCUT2D eigenvalue weighted by Crippen LogP contribution is -2.47. The molecule has 0 bridgehead atoms. The molecule has 0 unspecified atom stereocenters. The highest BCUT2D eigenvalue weighted by Gasteiger charge is 2.55. The summed E-state index contributed by atoms with van der Waals surface area (Å²) < 4.78 is 0.947. The SMILES string of the molecule is C[C@@H](C1CC1)N(Cc1ccccc1)C(=O)CN1C(=O)N[C@@]2(CCc3cc(Br)ccc32)C1=O. The number of imide groups is 1. The Morgan fingerprint density at radius 2 is 1.97 bits per heavy atom. The van der Waals surface area contributed by atoms with Crippen LogP contribution in [0, 0.1) is 5.92 Å². The van der Waals surface area contributed by atoms with Gasteiger partial charge in [0.1, 0.15) is 12.1 Å². The first-order valence-corrected chi connectivity index (χ1v) is 11.9. The largest absolute Gasteiger partial charge is 0.334 e. The average Bonchev–Trinajstić information content (AvgIpc) is 3.54. The summed E-state index contributed by atoms with van der Waals surface area (Å²) in [5.74, 6) is -0.0317. The van der Waals surface area contributed by atoms with Gasteiger partial charge in [0.15, 0.2) is 0 Å². The molecule has 166 valence electrons. The Morgan fingerprint density at radius 1 is 1.22 bits per heavy atom. The number of nitrogens with one attached hydrogen (secondary N) is 1. The molecule has 2 aliphatic carbocycles. The second kappa shape index (κ2) is 8.03. The molecule has 1 saturated carbocycles. The number of amides is 4. The minimum absolute atomic E-state index is 0.0713. The zero-order chi connectivity index (χ0) is 22.5. The predicted molar refractivity (Wildman–Crippen MR) is 124 cm³/mol. The zero-order valence-corrected chi connectivity index (χ0v) is 19.6. The van der Waals surface area contributed by atoms with Gasteiger partial charge < -0.3 is 10.2 Å². The number of hydrogen-bond donors (Lipinski definition) is 1. The van der Waals surface area contributed by atoms with Gasteiger partial charge in [0.2, 0.25) is 5.91 Å². The first-order chi connectivity index (χ1) is 15.4. The first kappa shape index (κ1) is 21.2. The molecule has 2 aromatic rings. The van der Waals surface area contributed by atoms with E-state index in [9.17, 15) is 14.4 Å². The van der Waals surface area contributed by atoms with Crippen molar-refractivity contribution in [3.05, 3.63) is 69.7 Å². The number of aryl methyl sites for hydroxylation is 1. The number of rotatable bonds is 6. The molecule has 32 heavy (non-hydrogen) atoms. The number of nitrogens with zero attached hydrogens (tertiary/aromatic N) is 2. The molecule has 1 heterocycles. The first-order valence-electron chi connectivity index (χ1n) is 11.2. The molecule has 6 nitrogen and oxygen atoms in total. The lowest BCUT2D eigenvalue weighted by Gasteiger charge is -2.31. The van der Waals surface area contributed by atoms with Gasteiger partial charge in [-0.2, -0.15) is 0 Å². The van der Waals surface area contributed by atoms with E-state index in [0.717, 1.165) is 38.9 Å². The molecule has 1 N–H and O–H groups in total. The van der Waals surface area contributed by atoms with Crippen LogP contribution in [-0.4, -0.2) is 40.2 Å². The van der Waals surface area contributed by atoms with E-state index >= 15 is 0 Å². The summed E-state index contributed by atoms with van der Waals surface area (Å²) in [5.41, 5.74) is 1.87. The van der Waals surface area contributed by atoms with Gasteiger partial charge in [-0.3, -0.25) is 14.5 Å². The van der Waals surface area contributed by atoms with E-state index in [-0.39, 0.29) is 24.4 Å². The van der Waals surface area contributed by atoms with Crippen LogP contribution in [0.15, 0.2) is 53.0 Å². The van der Waals surface area contributed by atoms with Gasteiger partial charge >= 0.3 is 6.03 Å². The number of fused-ring (bicyclic) bond motifs is 2. The third kappa shape index (κ3) is 3.62. The van der Waals surface area contributed by atoms with Crippen LogP contribution in [0.2, 0.25) is 0 Å². The second-order valence-corrected chi connectivity index (χ2v) is 10.0. The van der Waals surface area contributed by atoms with Gasteiger partial charge in [-0.1, -0.05) is 52.3 Å². The van der Waals surface area contributed by atoms with Crippen molar-refractivity contribution in [3.63, 3.8) is 0 Å². The number of carbonyl (C=O) groups is 3. The Kier molecular flexibility index (Phi) is 5.32. The second-order valence-electron chi connectivity index (χ2n) is 9.11. The van der Waals surface area contributed by atoms with Crippen molar-refractivity contribution >= 4 is 33.8 Å². The van der Waals surface area contributed by atoms with Gasteiger partial charge in [0.25, 0.3) is 5.91 Å². The lowest BCUT2D eigenvalue weighted by molar-refractivity contribution is -0.141. The minimum Gasteiger partial charge on any atom is -0.334 e. The van der Waals surface area contributed by atoms with Crippen LogP contribution >= 0.6 is 15.9 Å². The summed E-state index contributed by atoms with van der Waals surface area (Å²) in [6, 6.07) is 15.2. The van der Waals surface area contributed by atoms with Gasteiger partial charge in [0.05, 0.1) is 0 Å². The molecule has 5 rings (SSSR count). The fraction of sp³-hybridized carbons (Fsp3) is 0.400. The van der Waals surface area contributed by atoms with Crippen molar-refractivity contribution in [1.29, 1.82) is 0 Å². The van der Waals surface area contributed by atoms with Crippen LogP contribution in [0.1, 0.15) is 42.9 Å². The van der Waals surface area contributed by atoms with Crippen LogP contribution in [0.5, 0.6) is 0 Å². The molecule has 2 fully saturated rings. The van der Waals surface area contributed by atoms with E-state index in [1.807, 2.05) is 53.4 Å². The maximum atomic E-state index is 13.5. The summed E-state index contributed by atoms with van der Waals surface area (Å²) in [6.45, 7) is 2.31. The minimum atomic E-state index is -1.06. The molecule has 0 radical (unpaired) electrons. The Hall–Kier alpha value is -2.67. The lowest BCUT2D eigenvalue weighted by atomic mass is 9.92. The molecule has 1 aliphatic heterocycles. The van der Waals surface area contributed by atoms with Gasteiger partial charge in [-0.05, 0) is 67.3 Å². The summed E-state index contributed by atoms with van der Waals surface area (Å²) in [4.78, 5) is 42.7. The molecule has 7 heteroatoms. The Morgan fingerprint density at radius 3 is 2.69 bits per heavy atom. The Bertz CT molecular complexity index is 1090. The molecular formula is C25H26BrN3O3. The molecule has 0 aromatic heterocycles. The predicted octanol–water partition coefficient (Wildman–Crippen LogP) is 3.97. The average molecular weight is 496 g/mol. The maximum absolute atomic E-state index is 13.5. The van der Waals surface area contributed by atoms with Crippen LogP contribution in [0.4, 0.5) is 4.79 Å². The van der Waals surface area contributed by atoms with Gasteiger partial charge in [-0.25, -0.2) is 4.79 Å². The smallest absolute Gasteiger partial charge is 0.325 e. The number of hydrogen-bond acceptors (Lipinski definition) is 3. The Labute approximate surface area is 196 Å². The molecule has 1 saturated heterocycles. The van der Waals surface area contributed by atoms with Crippen molar-refractivity contribution in [3.8, 4) is 0 Å². The van der Waals surface area contributed by atoms with Crippen LogP contribution in [-0.2, 0) is 28.1 Å². The topological polar surface area (TPSA) is 69.7 Å². The van der Waals surface area contributed by atoms with Crippen molar-refractivity contribution in [2.24, 2.45) is 5.92 Å². The molecule has 1 spiro atoms. The van der Waals surface area contributed by atoms with Crippen LogP contribution in [0.3, 0.4) is 0 Å². The van der Waals surface area contributed by atoms with Crippen molar-refractivity contribution in [2.75, 3.05) is 6.54 Å². The summed E-state index contributed by atoms with van der Waals surface area (Å²) in [6.07, 6.45) is 3.44. The highest BCUT2D eigenvalue weighted by molar-refractivity contribution is 9.10. The number of benzene rings is 2. The summed E-state index contributed by atoms with van der Waals surface area (Å²) in [5, 5.41) is 2.91. The number of halogens is 1. The molecule has 4 amide bonds. The zero-order valence-electron chi connectivity index (χ0n) is 18.0. The van der Waals surface area contributed by atoms with E-state index in [2.05, 4.69) is 28.2 Å². The van der Waals surface area contributed by atoms with Crippen LogP contribution < -0.4 is 5.32 Å². The standard InChI is InChI=1S/C25H26BrN3O3/c1-16(18-7-8-18)28(14-17-5-3-2-4-6-17)22(30)15-29-23(31)25(27-24(29)32)12-11-19-13-20(26)9-10-21(19)25/h2-6,9-10,13,16,18H,7-8,11-12,14-15H2,1H3,(H,27,32)/t16-,25+/m0/s1. The quantitative estimate of drug-likeness (QED) is 0.616. The van der Waals surface area contributed by atoms with Crippen molar-refractivity contribution in [1.82, 2.24) is 15.1 Å². The summed E-state index contributed by atoms with van der Waals surface area (Å²) >= 11 is 3.47. The highest BCUT2D eigenvalue weighted by atomic mass is 79.9. The summed E-state index contributed by atoms with van der Waals surface area (Å²) in [7, 11) is 0. The van der Waals surface area contributed by atoms with Crippen LogP contribution in [0.25, 0.3) is 0 Å². The monoisotopic (exact) mass is 495 g/mol. The normalized spacial score (nSPS) is 22.8. The number of urea groups is 1. The van der Waals surface area contributed by atoms with Gasteiger partial charge in [0, 0.05) is 17.1 Å². The fourth-order valence-electron chi connectivity index (χ4n) is 5.06. The van der Waals surface area contributed by atoms with Crippen molar-refractivity contribution in [2.45, 2.75) is 50.7 Å². The third-order valence-corrected chi connectivity index (χ3v) is 7.57. The molecule has 2 aromatic carbocycles.